The molecule has 2 aromatic heterocycles. The van der Waals surface area contributed by atoms with E-state index >= 15 is 0 Å². The third kappa shape index (κ3) is 2.13. The Morgan fingerprint density at radius 1 is 1.22 bits per heavy atom. The fraction of sp³-hybridized carbons (Fsp3) is 0.167. The summed E-state index contributed by atoms with van der Waals surface area (Å²) in [5.41, 5.74) is 2.14. The first-order chi connectivity index (χ1) is 8.81. The first-order valence-corrected chi connectivity index (χ1v) is 5.53. The van der Waals surface area contributed by atoms with E-state index in [-0.39, 0.29) is 0 Å². The largest absolute Gasteiger partial charge is 0.337 e. The van der Waals surface area contributed by atoms with Crippen LogP contribution >= 0.6 is 0 Å². The third-order valence-electron chi connectivity index (χ3n) is 2.54. The van der Waals surface area contributed by atoms with Gasteiger partial charge in [-0.25, -0.2) is 9.67 Å². The Kier molecular flexibility index (Phi) is 2.60. The van der Waals surface area contributed by atoms with Gasteiger partial charge in [0.15, 0.2) is 0 Å². The van der Waals surface area contributed by atoms with E-state index in [0.29, 0.717) is 18.3 Å². The summed E-state index contributed by atoms with van der Waals surface area (Å²) in [5, 5.41) is 7.93. The van der Waals surface area contributed by atoms with Crippen LogP contribution in [0.15, 0.2) is 41.4 Å². The highest BCUT2D eigenvalue weighted by molar-refractivity contribution is 5.54. The maximum atomic E-state index is 5.17. The highest BCUT2D eigenvalue weighted by atomic mass is 16.5. The van der Waals surface area contributed by atoms with Crippen LogP contribution in [-0.2, 0) is 6.54 Å². The van der Waals surface area contributed by atoms with E-state index in [1.807, 2.05) is 31.2 Å². The molecule has 0 aliphatic heterocycles. The average molecular weight is 241 g/mol. The molecule has 3 aromatic rings. The van der Waals surface area contributed by atoms with Crippen LogP contribution in [0.1, 0.15) is 11.5 Å². The molecule has 6 heteroatoms. The molecule has 2 heterocycles. The molecule has 6 nitrogen and oxygen atoms in total. The number of hydrogen-bond donors (Lipinski definition) is 0. The quantitative estimate of drug-likeness (QED) is 0.697. The lowest BCUT2D eigenvalue weighted by Crippen LogP contribution is -1.99. The summed E-state index contributed by atoms with van der Waals surface area (Å²) in [4.78, 5) is 8.17. The Morgan fingerprint density at radius 2 is 2.06 bits per heavy atom. The smallest absolute Gasteiger partial charge is 0.248 e. The molecule has 0 amide bonds. The normalized spacial score (nSPS) is 10.7. The zero-order valence-electron chi connectivity index (χ0n) is 9.82. The number of aryl methyl sites for hydroxylation is 1. The molecule has 3 rings (SSSR count). The van der Waals surface area contributed by atoms with Crippen LogP contribution < -0.4 is 0 Å². The zero-order valence-corrected chi connectivity index (χ0v) is 9.82. The number of hydrogen-bond acceptors (Lipinski definition) is 5. The summed E-state index contributed by atoms with van der Waals surface area (Å²) in [7, 11) is 0. The molecule has 0 aliphatic carbocycles. The molecule has 0 fully saturated rings. The van der Waals surface area contributed by atoms with Crippen molar-refractivity contribution in [2.45, 2.75) is 13.5 Å². The number of aromatic nitrogens is 5. The predicted octanol–water partition coefficient (Wildman–Crippen LogP) is 1.68. The molecule has 0 aliphatic rings. The van der Waals surface area contributed by atoms with Gasteiger partial charge in [-0.1, -0.05) is 35.0 Å². The van der Waals surface area contributed by atoms with E-state index in [2.05, 4.69) is 20.2 Å². The van der Waals surface area contributed by atoms with Gasteiger partial charge in [0.05, 0.1) is 0 Å². The minimum Gasteiger partial charge on any atom is -0.337 e. The minimum absolute atomic E-state index is 0.429. The molecule has 0 saturated carbocycles. The summed E-state index contributed by atoms with van der Waals surface area (Å²) >= 11 is 0. The van der Waals surface area contributed by atoms with Crippen LogP contribution in [-0.4, -0.2) is 24.9 Å². The highest BCUT2D eigenvalue weighted by Gasteiger charge is 2.08. The fourth-order valence-electron chi connectivity index (χ4n) is 1.59. The fourth-order valence-corrected chi connectivity index (χ4v) is 1.59. The maximum Gasteiger partial charge on any atom is 0.248 e. The van der Waals surface area contributed by atoms with Gasteiger partial charge in [-0.15, -0.1) is 0 Å². The second kappa shape index (κ2) is 4.40. The molecule has 0 N–H and O–H groups in total. The van der Waals surface area contributed by atoms with Gasteiger partial charge in [-0.2, -0.15) is 10.1 Å². The Balaban J connectivity index is 1.83. The highest BCUT2D eigenvalue weighted by Crippen LogP contribution is 2.16. The van der Waals surface area contributed by atoms with Crippen LogP contribution in [0.2, 0.25) is 0 Å². The summed E-state index contributed by atoms with van der Waals surface area (Å²) in [6.07, 6.45) is 3.08. The molecule has 90 valence electrons. The first-order valence-electron chi connectivity index (χ1n) is 5.53. The Bertz CT molecular complexity index is 627. The van der Waals surface area contributed by atoms with Crippen LogP contribution in [0.4, 0.5) is 0 Å². The molecule has 0 radical (unpaired) electrons. The molecule has 0 unspecified atom stereocenters. The van der Waals surface area contributed by atoms with Crippen molar-refractivity contribution in [1.82, 2.24) is 24.9 Å². The van der Waals surface area contributed by atoms with Crippen molar-refractivity contribution in [2.75, 3.05) is 0 Å². The van der Waals surface area contributed by atoms with Crippen molar-refractivity contribution in [2.24, 2.45) is 0 Å². The zero-order chi connectivity index (χ0) is 12.4. The number of rotatable bonds is 3. The van der Waals surface area contributed by atoms with Gasteiger partial charge in [0.25, 0.3) is 0 Å². The summed E-state index contributed by atoms with van der Waals surface area (Å²) < 4.78 is 6.80. The van der Waals surface area contributed by atoms with Gasteiger partial charge in [-0.3, -0.25) is 0 Å². The van der Waals surface area contributed by atoms with Crippen molar-refractivity contribution in [1.29, 1.82) is 0 Å². The van der Waals surface area contributed by atoms with Gasteiger partial charge in [0.2, 0.25) is 11.7 Å². The molecule has 1 aromatic carbocycles. The molecular formula is C12H11N5O. The standard InChI is InChI=1S/C12H11N5O/c1-9-2-4-10(5-3-9)12-15-11(18-16-12)6-17-8-13-7-14-17/h2-5,7-8H,6H2,1H3. The van der Waals surface area contributed by atoms with Crippen LogP contribution in [0, 0.1) is 6.92 Å². The molecule has 0 spiro atoms. The molecule has 0 atom stereocenters. The van der Waals surface area contributed by atoms with Gasteiger partial charge < -0.3 is 4.52 Å². The summed E-state index contributed by atoms with van der Waals surface area (Å²) in [6.45, 7) is 2.47. The van der Waals surface area contributed by atoms with Crippen molar-refractivity contribution < 1.29 is 4.52 Å². The van der Waals surface area contributed by atoms with Gasteiger partial charge >= 0.3 is 0 Å². The molecular weight excluding hydrogens is 230 g/mol. The van der Waals surface area contributed by atoms with Gasteiger partial charge in [-0.05, 0) is 6.92 Å². The van der Waals surface area contributed by atoms with Crippen LogP contribution in [0.25, 0.3) is 11.4 Å². The average Bonchev–Trinajstić information content (AvgIpc) is 3.02. The van der Waals surface area contributed by atoms with E-state index in [0.717, 1.165) is 5.56 Å². The first kappa shape index (κ1) is 10.6. The lowest BCUT2D eigenvalue weighted by molar-refractivity contribution is 0.366. The molecule has 18 heavy (non-hydrogen) atoms. The van der Waals surface area contributed by atoms with Gasteiger partial charge in [0.1, 0.15) is 19.2 Å². The Hall–Kier alpha value is -2.50. The lowest BCUT2D eigenvalue weighted by atomic mass is 10.1. The SMILES string of the molecule is Cc1ccc(-c2noc(Cn3cncn3)n2)cc1. The third-order valence-corrected chi connectivity index (χ3v) is 2.54. The van der Waals surface area contributed by atoms with Gasteiger partial charge in [0, 0.05) is 5.56 Å². The van der Waals surface area contributed by atoms with Crippen molar-refractivity contribution in [3.05, 3.63) is 48.4 Å². The topological polar surface area (TPSA) is 69.6 Å². The van der Waals surface area contributed by atoms with Crippen LogP contribution in [0.5, 0.6) is 0 Å². The number of benzene rings is 1. The number of nitrogens with zero attached hydrogens (tertiary/aromatic N) is 5. The Morgan fingerprint density at radius 3 is 2.78 bits per heavy atom. The monoisotopic (exact) mass is 241 g/mol. The molecule has 0 saturated heterocycles. The second-order valence-corrected chi connectivity index (χ2v) is 3.97. The van der Waals surface area contributed by atoms with Crippen molar-refractivity contribution in [3.8, 4) is 11.4 Å². The van der Waals surface area contributed by atoms with E-state index in [4.69, 9.17) is 4.52 Å². The minimum atomic E-state index is 0.429. The van der Waals surface area contributed by atoms with E-state index in [9.17, 15) is 0 Å². The molecule has 0 bridgehead atoms. The second-order valence-electron chi connectivity index (χ2n) is 3.97. The maximum absolute atomic E-state index is 5.17. The van der Waals surface area contributed by atoms with E-state index in [1.165, 1.54) is 11.9 Å². The lowest BCUT2D eigenvalue weighted by Gasteiger charge is -1.94. The van der Waals surface area contributed by atoms with Crippen molar-refractivity contribution >= 4 is 0 Å². The summed E-state index contributed by atoms with van der Waals surface area (Å²) in [6, 6.07) is 7.98. The van der Waals surface area contributed by atoms with Crippen LogP contribution in [0.3, 0.4) is 0 Å². The van der Waals surface area contributed by atoms with Crippen molar-refractivity contribution in [3.63, 3.8) is 0 Å². The van der Waals surface area contributed by atoms with E-state index < -0.39 is 0 Å². The summed E-state index contributed by atoms with van der Waals surface area (Å²) in [5.74, 6) is 1.10. The van der Waals surface area contributed by atoms with E-state index in [1.54, 1.807) is 11.0 Å². The Labute approximate surface area is 103 Å². The predicted molar refractivity (Wildman–Crippen MR) is 63.6 cm³/mol.